The molecule has 0 unspecified atom stereocenters. The molecule has 4 nitrogen and oxygen atoms in total. The molecule has 0 saturated heterocycles. The molecule has 7 rings (SSSR count). The zero-order valence-electron chi connectivity index (χ0n) is 22.8. The quantitative estimate of drug-likeness (QED) is 0.168. The molecule has 1 heterocycles. The fourth-order valence-corrected chi connectivity index (χ4v) is 5.40. The van der Waals surface area contributed by atoms with E-state index in [1.54, 1.807) is 0 Å². The fraction of sp³-hybridized carbons (Fsp3) is 0. The van der Waals surface area contributed by atoms with Gasteiger partial charge in [0, 0.05) is 21.9 Å². The molecule has 0 radical (unpaired) electrons. The standard InChI is InChI=1S/C38H27N3O/c39-37(30-20-18-28(19-21-30)26-10-5-2-6-11-26)41-38(40)32-12-7-13-35-36(32)33-24-31(22-23-34(33)42-35)29-16-14-27(15-17-29)25-8-3-1-4-9-25/h1-24H,(H3,39,40,41). The molecule has 4 heteroatoms. The van der Waals surface area contributed by atoms with Gasteiger partial charge in [-0.15, -0.1) is 0 Å². The van der Waals surface area contributed by atoms with Gasteiger partial charge in [-0.25, -0.2) is 4.99 Å². The van der Waals surface area contributed by atoms with Crippen LogP contribution in [0.4, 0.5) is 0 Å². The number of nitrogens with one attached hydrogen (secondary N) is 1. The van der Waals surface area contributed by atoms with Crippen molar-refractivity contribution in [3.05, 3.63) is 157 Å². The van der Waals surface area contributed by atoms with Crippen LogP contribution in [-0.2, 0) is 0 Å². The van der Waals surface area contributed by atoms with Gasteiger partial charge in [-0.05, 0) is 51.6 Å². The summed E-state index contributed by atoms with van der Waals surface area (Å²) < 4.78 is 6.19. The third-order valence-electron chi connectivity index (χ3n) is 7.59. The molecule has 3 N–H and O–H groups in total. The van der Waals surface area contributed by atoms with Gasteiger partial charge < -0.3 is 10.2 Å². The van der Waals surface area contributed by atoms with Crippen LogP contribution in [0.2, 0.25) is 0 Å². The topological polar surface area (TPSA) is 75.4 Å². The first-order chi connectivity index (χ1) is 20.6. The summed E-state index contributed by atoms with van der Waals surface area (Å²) >= 11 is 0. The highest BCUT2D eigenvalue weighted by Crippen LogP contribution is 2.35. The Bertz CT molecular complexity index is 2070. The first-order valence-corrected chi connectivity index (χ1v) is 13.8. The first kappa shape index (κ1) is 25.2. The van der Waals surface area contributed by atoms with E-state index < -0.39 is 0 Å². The maximum atomic E-state index is 8.65. The van der Waals surface area contributed by atoms with Crippen LogP contribution in [-0.4, -0.2) is 11.7 Å². The van der Waals surface area contributed by atoms with Gasteiger partial charge in [-0.2, -0.15) is 0 Å². The number of aliphatic imine (C=N–C) groups is 1. The maximum absolute atomic E-state index is 8.65. The maximum Gasteiger partial charge on any atom is 0.154 e. The Morgan fingerprint density at radius 1 is 0.524 bits per heavy atom. The van der Waals surface area contributed by atoms with Gasteiger partial charge in [-0.3, -0.25) is 5.41 Å². The minimum absolute atomic E-state index is 0.108. The molecule has 7 aromatic rings. The second kappa shape index (κ2) is 10.7. The molecule has 0 aliphatic rings. The number of fused-ring (bicyclic) bond motifs is 3. The van der Waals surface area contributed by atoms with E-state index in [9.17, 15) is 0 Å². The summed E-state index contributed by atoms with van der Waals surface area (Å²) in [5, 5.41) is 10.5. The minimum atomic E-state index is 0.108. The molecule has 0 fully saturated rings. The highest BCUT2D eigenvalue weighted by molar-refractivity contribution is 6.20. The molecule has 42 heavy (non-hydrogen) atoms. The van der Waals surface area contributed by atoms with Gasteiger partial charge in [0.25, 0.3) is 0 Å². The zero-order chi connectivity index (χ0) is 28.5. The summed E-state index contributed by atoms with van der Waals surface area (Å²) in [6.45, 7) is 0. The molecule has 0 bridgehead atoms. The lowest BCUT2D eigenvalue weighted by Gasteiger charge is -2.07. The van der Waals surface area contributed by atoms with E-state index in [1.807, 2.05) is 72.8 Å². The Hall–Kier alpha value is -5.74. The van der Waals surface area contributed by atoms with Crippen molar-refractivity contribution in [1.29, 1.82) is 5.41 Å². The summed E-state index contributed by atoms with van der Waals surface area (Å²) in [5.41, 5.74) is 16.3. The third kappa shape index (κ3) is 4.76. The Labute approximate surface area is 243 Å². The summed E-state index contributed by atoms with van der Waals surface area (Å²) in [6.07, 6.45) is 0. The molecule has 0 amide bonds. The number of hydrogen-bond donors (Lipinski definition) is 2. The number of furan rings is 1. The summed E-state index contributed by atoms with van der Waals surface area (Å²) in [7, 11) is 0. The average Bonchev–Trinajstić information content (AvgIpc) is 3.44. The summed E-state index contributed by atoms with van der Waals surface area (Å²) in [5.74, 6) is 0.383. The highest BCUT2D eigenvalue weighted by atomic mass is 16.3. The highest BCUT2D eigenvalue weighted by Gasteiger charge is 2.15. The lowest BCUT2D eigenvalue weighted by molar-refractivity contribution is 0.669. The predicted molar refractivity (Wildman–Crippen MR) is 174 cm³/mol. The van der Waals surface area contributed by atoms with Gasteiger partial charge >= 0.3 is 0 Å². The van der Waals surface area contributed by atoms with Crippen LogP contribution in [0.1, 0.15) is 11.1 Å². The van der Waals surface area contributed by atoms with Crippen LogP contribution >= 0.6 is 0 Å². The van der Waals surface area contributed by atoms with E-state index in [0.717, 1.165) is 49.8 Å². The van der Waals surface area contributed by atoms with Crippen molar-refractivity contribution in [1.82, 2.24) is 0 Å². The molecule has 0 atom stereocenters. The largest absolute Gasteiger partial charge is 0.456 e. The average molecular weight is 542 g/mol. The van der Waals surface area contributed by atoms with E-state index in [2.05, 4.69) is 77.8 Å². The lowest BCUT2D eigenvalue weighted by atomic mass is 9.98. The molecule has 0 aliphatic heterocycles. The smallest absolute Gasteiger partial charge is 0.154 e. The van der Waals surface area contributed by atoms with Gasteiger partial charge in [0.2, 0.25) is 0 Å². The van der Waals surface area contributed by atoms with Crippen molar-refractivity contribution in [2.45, 2.75) is 0 Å². The van der Waals surface area contributed by atoms with Crippen LogP contribution in [0.5, 0.6) is 0 Å². The molecule has 200 valence electrons. The molecule has 0 spiro atoms. The number of benzene rings is 6. The van der Waals surface area contributed by atoms with Crippen LogP contribution in [0, 0.1) is 5.41 Å². The van der Waals surface area contributed by atoms with Crippen molar-refractivity contribution >= 4 is 33.6 Å². The van der Waals surface area contributed by atoms with Gasteiger partial charge in [0.05, 0.1) is 0 Å². The lowest BCUT2D eigenvalue weighted by Crippen LogP contribution is -2.16. The Morgan fingerprint density at radius 2 is 1.05 bits per heavy atom. The molecule has 6 aromatic carbocycles. The Morgan fingerprint density at radius 3 is 1.67 bits per heavy atom. The second-order valence-corrected chi connectivity index (χ2v) is 10.2. The summed E-state index contributed by atoms with van der Waals surface area (Å²) in [6, 6.07) is 48.9. The fourth-order valence-electron chi connectivity index (χ4n) is 5.40. The molecule has 1 aromatic heterocycles. The van der Waals surface area contributed by atoms with Gasteiger partial charge in [-0.1, -0.05) is 127 Å². The first-order valence-electron chi connectivity index (χ1n) is 13.8. The molecular formula is C38H27N3O. The Kier molecular flexibility index (Phi) is 6.42. The second-order valence-electron chi connectivity index (χ2n) is 10.2. The van der Waals surface area contributed by atoms with Crippen LogP contribution < -0.4 is 5.73 Å². The van der Waals surface area contributed by atoms with Crippen LogP contribution in [0.15, 0.2) is 155 Å². The van der Waals surface area contributed by atoms with Crippen molar-refractivity contribution in [3.8, 4) is 33.4 Å². The molecule has 0 saturated carbocycles. The van der Waals surface area contributed by atoms with E-state index in [4.69, 9.17) is 15.6 Å². The van der Waals surface area contributed by atoms with E-state index >= 15 is 0 Å². The number of hydrogen-bond acceptors (Lipinski definition) is 2. The van der Waals surface area contributed by atoms with Crippen molar-refractivity contribution < 1.29 is 4.42 Å². The third-order valence-corrected chi connectivity index (χ3v) is 7.59. The predicted octanol–water partition coefficient (Wildman–Crippen LogP) is 9.32. The normalized spacial score (nSPS) is 11.7. The van der Waals surface area contributed by atoms with E-state index in [1.165, 1.54) is 11.1 Å². The van der Waals surface area contributed by atoms with Gasteiger partial charge in [0.1, 0.15) is 17.0 Å². The summed E-state index contributed by atoms with van der Waals surface area (Å²) in [4.78, 5) is 4.51. The number of rotatable bonds is 5. The monoisotopic (exact) mass is 541 g/mol. The molecule has 0 aliphatic carbocycles. The van der Waals surface area contributed by atoms with Crippen molar-refractivity contribution in [2.75, 3.05) is 0 Å². The number of nitrogens with zero attached hydrogens (tertiary/aromatic N) is 1. The van der Waals surface area contributed by atoms with E-state index in [-0.39, 0.29) is 11.7 Å². The minimum Gasteiger partial charge on any atom is -0.456 e. The van der Waals surface area contributed by atoms with Crippen LogP contribution in [0.3, 0.4) is 0 Å². The number of nitrogens with two attached hydrogens (primary N) is 1. The Balaban J connectivity index is 1.22. The molecular weight excluding hydrogens is 514 g/mol. The van der Waals surface area contributed by atoms with Gasteiger partial charge in [0.15, 0.2) is 5.84 Å². The van der Waals surface area contributed by atoms with E-state index in [0.29, 0.717) is 5.56 Å². The zero-order valence-corrected chi connectivity index (χ0v) is 22.8. The number of amidine groups is 2. The van der Waals surface area contributed by atoms with Crippen LogP contribution in [0.25, 0.3) is 55.3 Å². The van der Waals surface area contributed by atoms with Crippen molar-refractivity contribution in [3.63, 3.8) is 0 Å². The van der Waals surface area contributed by atoms with Crippen molar-refractivity contribution in [2.24, 2.45) is 10.7 Å². The SMILES string of the molecule is N=C(/N=C(\N)c1cccc2oc3ccc(-c4ccc(-c5ccccc5)cc4)cc3c12)c1ccc(-c2ccccc2)cc1.